The standard InChI is InChI=1S/C8H9N2O2/c1-12-10(8(9)11)7-5-3-2-4-6-7/h2-6,9H,1H3. The van der Waals surface area contributed by atoms with Crippen LogP contribution in [-0.4, -0.2) is 13.1 Å². The lowest BCUT2D eigenvalue weighted by Gasteiger charge is -2.15. The Morgan fingerprint density at radius 2 is 2.00 bits per heavy atom. The number of hydroxylamine groups is 1. The molecule has 12 heavy (non-hydrogen) atoms. The lowest BCUT2D eigenvalue weighted by molar-refractivity contribution is 0.167. The molecule has 0 saturated heterocycles. The second kappa shape index (κ2) is 3.73. The van der Waals surface area contributed by atoms with Gasteiger partial charge in [0, 0.05) is 0 Å². The third kappa shape index (κ3) is 1.73. The molecule has 1 radical (unpaired) electrons. The fourth-order valence-electron chi connectivity index (χ4n) is 0.869. The second-order valence-corrected chi connectivity index (χ2v) is 2.12. The molecule has 2 amide bonds. The fraction of sp³-hybridized carbons (Fsp3) is 0.125. The molecule has 1 aromatic carbocycles. The number of hydrogen-bond acceptors (Lipinski definition) is 2. The van der Waals surface area contributed by atoms with Crippen LogP contribution in [0.1, 0.15) is 0 Å². The van der Waals surface area contributed by atoms with Crippen molar-refractivity contribution < 1.29 is 9.63 Å². The summed E-state index contributed by atoms with van der Waals surface area (Å²) in [5.74, 6) is 0. The molecule has 63 valence electrons. The van der Waals surface area contributed by atoms with Gasteiger partial charge in [0.15, 0.2) is 0 Å². The van der Waals surface area contributed by atoms with Crippen molar-refractivity contribution in [1.29, 1.82) is 0 Å². The van der Waals surface area contributed by atoms with Crippen molar-refractivity contribution in [2.24, 2.45) is 0 Å². The van der Waals surface area contributed by atoms with Crippen molar-refractivity contribution in [2.45, 2.75) is 0 Å². The van der Waals surface area contributed by atoms with Crippen LogP contribution in [0.3, 0.4) is 0 Å². The van der Waals surface area contributed by atoms with Crippen LogP contribution in [0.15, 0.2) is 30.3 Å². The van der Waals surface area contributed by atoms with Crippen LogP contribution in [0.4, 0.5) is 10.5 Å². The third-order valence-corrected chi connectivity index (χ3v) is 1.36. The summed E-state index contributed by atoms with van der Waals surface area (Å²) in [6.07, 6.45) is 0. The molecular weight excluding hydrogens is 156 g/mol. The minimum Gasteiger partial charge on any atom is -0.268 e. The number of amides is 2. The van der Waals surface area contributed by atoms with Crippen LogP contribution in [0.2, 0.25) is 0 Å². The van der Waals surface area contributed by atoms with Gasteiger partial charge in [0.25, 0.3) is 0 Å². The molecule has 4 nitrogen and oxygen atoms in total. The predicted molar refractivity (Wildman–Crippen MR) is 44.4 cm³/mol. The van der Waals surface area contributed by atoms with Gasteiger partial charge < -0.3 is 0 Å². The van der Waals surface area contributed by atoms with E-state index in [-0.39, 0.29) is 0 Å². The van der Waals surface area contributed by atoms with E-state index in [0.29, 0.717) is 5.69 Å². The minimum absolute atomic E-state index is 0.556. The first-order valence-corrected chi connectivity index (χ1v) is 3.40. The van der Waals surface area contributed by atoms with E-state index in [1.54, 1.807) is 24.3 Å². The maximum absolute atomic E-state index is 10.6. The molecule has 0 bridgehead atoms. The molecule has 0 saturated carbocycles. The summed E-state index contributed by atoms with van der Waals surface area (Å²) in [5.41, 5.74) is 7.39. The Balaban J connectivity index is 2.88. The van der Waals surface area contributed by atoms with Gasteiger partial charge in [-0.2, -0.15) is 5.06 Å². The number of benzene rings is 1. The van der Waals surface area contributed by atoms with E-state index in [9.17, 15) is 4.79 Å². The molecule has 0 spiro atoms. The zero-order chi connectivity index (χ0) is 8.97. The number of carbonyl (C=O) groups excluding carboxylic acids is 1. The molecule has 0 atom stereocenters. The first-order chi connectivity index (χ1) is 5.75. The zero-order valence-corrected chi connectivity index (χ0v) is 6.65. The van der Waals surface area contributed by atoms with Gasteiger partial charge in [-0.15, -0.1) is 0 Å². The Morgan fingerprint density at radius 3 is 2.42 bits per heavy atom. The number of urea groups is 1. The molecule has 0 aliphatic rings. The van der Waals surface area contributed by atoms with Crippen LogP contribution in [0.25, 0.3) is 0 Å². The van der Waals surface area contributed by atoms with Gasteiger partial charge in [-0.25, -0.2) is 10.5 Å². The molecule has 4 heteroatoms. The monoisotopic (exact) mass is 165 g/mol. The highest BCUT2D eigenvalue weighted by Crippen LogP contribution is 2.12. The van der Waals surface area contributed by atoms with Gasteiger partial charge >= 0.3 is 6.03 Å². The van der Waals surface area contributed by atoms with E-state index in [1.165, 1.54) is 7.11 Å². The fourth-order valence-corrected chi connectivity index (χ4v) is 0.869. The van der Waals surface area contributed by atoms with Crippen molar-refractivity contribution in [3.63, 3.8) is 0 Å². The SMILES string of the molecule is CON(C([NH])=O)c1ccccc1. The first-order valence-electron chi connectivity index (χ1n) is 3.40. The summed E-state index contributed by atoms with van der Waals surface area (Å²) >= 11 is 0. The van der Waals surface area contributed by atoms with Crippen molar-refractivity contribution in [1.82, 2.24) is 5.73 Å². The van der Waals surface area contributed by atoms with Gasteiger partial charge in [-0.1, -0.05) is 18.2 Å². The minimum atomic E-state index is -0.885. The Labute approximate surface area is 70.5 Å². The van der Waals surface area contributed by atoms with Crippen molar-refractivity contribution in [2.75, 3.05) is 12.2 Å². The molecular formula is C8H9N2O2. The lowest BCUT2D eigenvalue weighted by Crippen LogP contribution is -2.28. The highest BCUT2D eigenvalue weighted by molar-refractivity contribution is 5.87. The maximum atomic E-state index is 10.6. The van der Waals surface area contributed by atoms with E-state index in [0.717, 1.165) is 5.06 Å². The van der Waals surface area contributed by atoms with Crippen LogP contribution in [0, 0.1) is 0 Å². The number of nitrogens with one attached hydrogen (secondary N) is 1. The summed E-state index contributed by atoms with van der Waals surface area (Å²) in [5, 5.41) is 0.903. The second-order valence-electron chi connectivity index (χ2n) is 2.12. The van der Waals surface area contributed by atoms with Crippen LogP contribution in [0.5, 0.6) is 0 Å². The Morgan fingerprint density at radius 1 is 1.42 bits per heavy atom. The van der Waals surface area contributed by atoms with Gasteiger partial charge in [-0.05, 0) is 12.1 Å². The normalized spacial score (nSPS) is 9.42. The Kier molecular flexibility index (Phi) is 2.66. The van der Waals surface area contributed by atoms with Crippen molar-refractivity contribution in [3.05, 3.63) is 30.3 Å². The molecule has 0 aliphatic heterocycles. The number of anilines is 1. The van der Waals surface area contributed by atoms with E-state index < -0.39 is 6.03 Å². The van der Waals surface area contributed by atoms with Crippen LogP contribution >= 0.6 is 0 Å². The van der Waals surface area contributed by atoms with E-state index >= 15 is 0 Å². The number of nitrogens with zero attached hydrogens (tertiary/aromatic N) is 1. The zero-order valence-electron chi connectivity index (χ0n) is 6.65. The summed E-state index contributed by atoms with van der Waals surface area (Å²) in [4.78, 5) is 15.3. The molecule has 0 heterocycles. The third-order valence-electron chi connectivity index (χ3n) is 1.36. The molecule has 0 aromatic heterocycles. The van der Waals surface area contributed by atoms with E-state index in [1.807, 2.05) is 6.07 Å². The van der Waals surface area contributed by atoms with Crippen molar-refractivity contribution >= 4 is 11.7 Å². The molecule has 1 rings (SSSR count). The molecule has 0 aliphatic carbocycles. The van der Waals surface area contributed by atoms with Gasteiger partial charge in [0.2, 0.25) is 0 Å². The van der Waals surface area contributed by atoms with Crippen molar-refractivity contribution in [3.8, 4) is 0 Å². The smallest absolute Gasteiger partial charge is 0.268 e. The highest BCUT2D eigenvalue weighted by atomic mass is 16.7. The first kappa shape index (κ1) is 8.55. The highest BCUT2D eigenvalue weighted by Gasteiger charge is 2.10. The average molecular weight is 165 g/mol. The molecule has 0 fully saturated rings. The Bertz CT molecular complexity index is 261. The molecule has 0 unspecified atom stereocenters. The van der Waals surface area contributed by atoms with Crippen LogP contribution in [-0.2, 0) is 4.84 Å². The topological polar surface area (TPSA) is 53.3 Å². The maximum Gasteiger partial charge on any atom is 0.364 e. The molecule has 1 aromatic rings. The van der Waals surface area contributed by atoms with Gasteiger partial charge in [0.1, 0.15) is 0 Å². The lowest BCUT2D eigenvalue weighted by atomic mass is 10.3. The predicted octanol–water partition coefficient (Wildman–Crippen LogP) is 1.46. The summed E-state index contributed by atoms with van der Waals surface area (Å²) in [6.45, 7) is 0. The van der Waals surface area contributed by atoms with Gasteiger partial charge in [-0.3, -0.25) is 4.84 Å². The summed E-state index contributed by atoms with van der Waals surface area (Å²) in [7, 11) is 1.35. The van der Waals surface area contributed by atoms with Crippen LogP contribution < -0.4 is 10.8 Å². The quantitative estimate of drug-likeness (QED) is 0.623. The van der Waals surface area contributed by atoms with E-state index in [4.69, 9.17) is 10.6 Å². The number of para-hydroxylation sites is 1. The summed E-state index contributed by atoms with van der Waals surface area (Å²) < 4.78 is 0. The number of hydrogen-bond donors (Lipinski definition) is 0. The number of rotatable bonds is 2. The molecule has 1 N–H and O–H groups in total. The number of carbonyl (C=O) groups is 1. The summed E-state index contributed by atoms with van der Waals surface area (Å²) in [6, 6.07) is 7.86. The average Bonchev–Trinajstić information content (AvgIpc) is 2.07. The Hall–Kier alpha value is -1.55. The largest absolute Gasteiger partial charge is 0.364 e. The van der Waals surface area contributed by atoms with Gasteiger partial charge in [0.05, 0.1) is 12.8 Å². The van der Waals surface area contributed by atoms with E-state index in [2.05, 4.69) is 0 Å².